The van der Waals surface area contributed by atoms with Crippen LogP contribution in [0.25, 0.3) is 6.08 Å². The van der Waals surface area contributed by atoms with E-state index in [9.17, 15) is 9.59 Å². The number of nitrogens with zero attached hydrogens (tertiary/aromatic N) is 1. The first-order valence-electron chi connectivity index (χ1n) is 8.07. The SMILES string of the molecule is CCOc1c(Br)cc(/C=C2/NC(=O)N(c3ccc(Cl)cc3)C2=O)cc1OC. The summed E-state index contributed by atoms with van der Waals surface area (Å²) < 4.78 is 11.6. The summed E-state index contributed by atoms with van der Waals surface area (Å²) in [7, 11) is 1.53. The van der Waals surface area contributed by atoms with Crippen LogP contribution in [0.4, 0.5) is 10.5 Å². The number of urea groups is 1. The number of nitrogens with one attached hydrogen (secondary N) is 1. The molecule has 0 spiro atoms. The predicted molar refractivity (Wildman–Crippen MR) is 107 cm³/mol. The van der Waals surface area contributed by atoms with Crippen molar-refractivity contribution < 1.29 is 19.1 Å². The molecular weight excluding hydrogens is 436 g/mol. The van der Waals surface area contributed by atoms with Crippen LogP contribution >= 0.6 is 27.5 Å². The van der Waals surface area contributed by atoms with Crippen molar-refractivity contribution in [1.29, 1.82) is 0 Å². The molecule has 0 aromatic heterocycles. The van der Waals surface area contributed by atoms with Gasteiger partial charge in [-0.1, -0.05) is 11.6 Å². The van der Waals surface area contributed by atoms with E-state index < -0.39 is 11.9 Å². The summed E-state index contributed by atoms with van der Waals surface area (Å²) in [6, 6.07) is 9.45. The molecule has 6 nitrogen and oxygen atoms in total. The average Bonchev–Trinajstić information content (AvgIpc) is 2.91. The van der Waals surface area contributed by atoms with Crippen LogP contribution in [0.15, 0.2) is 46.6 Å². The van der Waals surface area contributed by atoms with E-state index in [-0.39, 0.29) is 5.70 Å². The zero-order chi connectivity index (χ0) is 19.6. The third kappa shape index (κ3) is 3.94. The Morgan fingerprint density at radius 2 is 1.93 bits per heavy atom. The number of amides is 3. The van der Waals surface area contributed by atoms with Crippen molar-refractivity contribution in [1.82, 2.24) is 5.32 Å². The molecule has 1 saturated heterocycles. The molecule has 0 bridgehead atoms. The molecular formula is C19H16BrClN2O4. The first-order chi connectivity index (χ1) is 12.9. The van der Waals surface area contributed by atoms with Crippen molar-refractivity contribution >= 4 is 51.2 Å². The highest BCUT2D eigenvalue weighted by Gasteiger charge is 2.34. The van der Waals surface area contributed by atoms with Gasteiger partial charge in [-0.25, -0.2) is 9.69 Å². The fourth-order valence-electron chi connectivity index (χ4n) is 2.63. The lowest BCUT2D eigenvalue weighted by Crippen LogP contribution is -2.30. The van der Waals surface area contributed by atoms with Crippen LogP contribution in [0.3, 0.4) is 0 Å². The molecule has 140 valence electrons. The van der Waals surface area contributed by atoms with Gasteiger partial charge in [0.1, 0.15) is 5.70 Å². The number of benzene rings is 2. The lowest BCUT2D eigenvalue weighted by Gasteiger charge is -2.12. The van der Waals surface area contributed by atoms with Crippen molar-refractivity contribution in [3.8, 4) is 11.5 Å². The van der Waals surface area contributed by atoms with Gasteiger partial charge in [0.25, 0.3) is 5.91 Å². The van der Waals surface area contributed by atoms with Crippen LogP contribution in [0.1, 0.15) is 12.5 Å². The number of imide groups is 1. The molecule has 0 atom stereocenters. The van der Waals surface area contributed by atoms with E-state index in [1.807, 2.05) is 6.92 Å². The Hall–Kier alpha value is -2.51. The average molecular weight is 452 g/mol. The van der Waals surface area contributed by atoms with Gasteiger partial charge in [-0.2, -0.15) is 0 Å². The van der Waals surface area contributed by atoms with Gasteiger partial charge < -0.3 is 14.8 Å². The molecule has 2 aromatic carbocycles. The zero-order valence-electron chi connectivity index (χ0n) is 14.6. The topological polar surface area (TPSA) is 67.9 Å². The van der Waals surface area contributed by atoms with Crippen molar-refractivity contribution in [3.05, 3.63) is 57.2 Å². The zero-order valence-corrected chi connectivity index (χ0v) is 16.9. The summed E-state index contributed by atoms with van der Waals surface area (Å²) in [6.07, 6.45) is 1.58. The number of ether oxygens (including phenoxy) is 2. The highest BCUT2D eigenvalue weighted by molar-refractivity contribution is 9.10. The fraction of sp³-hybridized carbons (Fsp3) is 0.158. The minimum atomic E-state index is -0.523. The smallest absolute Gasteiger partial charge is 0.333 e. The van der Waals surface area contributed by atoms with Crippen LogP contribution in [-0.2, 0) is 4.79 Å². The third-order valence-corrected chi connectivity index (χ3v) is 4.66. The normalized spacial score (nSPS) is 15.3. The maximum atomic E-state index is 12.7. The quantitative estimate of drug-likeness (QED) is 0.532. The Morgan fingerprint density at radius 1 is 1.22 bits per heavy atom. The highest BCUT2D eigenvalue weighted by Crippen LogP contribution is 2.37. The number of hydrogen-bond donors (Lipinski definition) is 1. The minimum Gasteiger partial charge on any atom is -0.493 e. The second-order valence-electron chi connectivity index (χ2n) is 5.57. The molecule has 2 aromatic rings. The van der Waals surface area contributed by atoms with E-state index in [4.69, 9.17) is 21.1 Å². The van der Waals surface area contributed by atoms with Crippen LogP contribution in [0.5, 0.6) is 11.5 Å². The fourth-order valence-corrected chi connectivity index (χ4v) is 3.33. The summed E-state index contributed by atoms with van der Waals surface area (Å²) >= 11 is 9.31. The maximum Gasteiger partial charge on any atom is 0.333 e. The molecule has 0 aliphatic carbocycles. The largest absolute Gasteiger partial charge is 0.493 e. The molecule has 3 amide bonds. The molecule has 27 heavy (non-hydrogen) atoms. The number of rotatable bonds is 5. The lowest BCUT2D eigenvalue weighted by atomic mass is 10.1. The first-order valence-corrected chi connectivity index (χ1v) is 9.24. The van der Waals surface area contributed by atoms with Crippen molar-refractivity contribution in [2.45, 2.75) is 6.92 Å². The Bertz CT molecular complexity index is 928. The molecule has 1 aliphatic heterocycles. The number of methoxy groups -OCH3 is 1. The molecule has 3 rings (SSSR count). The van der Waals surface area contributed by atoms with Gasteiger partial charge in [0.2, 0.25) is 0 Å². The van der Waals surface area contributed by atoms with E-state index >= 15 is 0 Å². The maximum absolute atomic E-state index is 12.7. The van der Waals surface area contributed by atoms with Crippen molar-refractivity contribution in [2.75, 3.05) is 18.6 Å². The van der Waals surface area contributed by atoms with E-state index in [1.165, 1.54) is 7.11 Å². The highest BCUT2D eigenvalue weighted by atomic mass is 79.9. The summed E-state index contributed by atoms with van der Waals surface area (Å²) in [6.45, 7) is 2.36. The van der Waals surface area contributed by atoms with E-state index in [2.05, 4.69) is 21.2 Å². The second-order valence-corrected chi connectivity index (χ2v) is 6.86. The lowest BCUT2D eigenvalue weighted by molar-refractivity contribution is -0.113. The number of hydrogen-bond acceptors (Lipinski definition) is 4. The third-order valence-electron chi connectivity index (χ3n) is 3.81. The Labute approximate surface area is 169 Å². The summed E-state index contributed by atoms with van der Waals surface area (Å²) in [5, 5.41) is 3.11. The number of anilines is 1. The van der Waals surface area contributed by atoms with Crippen LogP contribution in [-0.4, -0.2) is 25.7 Å². The van der Waals surface area contributed by atoms with E-state index in [0.717, 1.165) is 4.90 Å². The van der Waals surface area contributed by atoms with Gasteiger partial charge in [0, 0.05) is 5.02 Å². The van der Waals surface area contributed by atoms with Crippen LogP contribution in [0, 0.1) is 0 Å². The molecule has 1 fully saturated rings. The van der Waals surface area contributed by atoms with Gasteiger partial charge >= 0.3 is 6.03 Å². The van der Waals surface area contributed by atoms with Crippen molar-refractivity contribution in [3.63, 3.8) is 0 Å². The standard InChI is InChI=1S/C19H16BrClN2O4/c1-3-27-17-14(20)8-11(10-16(17)26-2)9-15-18(24)23(19(25)22-15)13-6-4-12(21)5-7-13/h4-10H,3H2,1-2H3,(H,22,25)/b15-9+. The number of carbonyl (C=O) groups excluding carboxylic acids is 2. The van der Waals surface area contributed by atoms with Crippen LogP contribution < -0.4 is 19.7 Å². The van der Waals surface area contributed by atoms with E-state index in [1.54, 1.807) is 42.5 Å². The molecule has 1 heterocycles. The molecule has 0 radical (unpaired) electrons. The second kappa shape index (κ2) is 8.02. The van der Waals surface area contributed by atoms with Gasteiger partial charge in [0.05, 0.1) is 23.9 Å². The number of carbonyl (C=O) groups is 2. The summed E-state index contributed by atoms with van der Waals surface area (Å²) in [4.78, 5) is 26.0. The molecule has 0 saturated carbocycles. The molecule has 1 aliphatic rings. The summed E-state index contributed by atoms with van der Waals surface area (Å²) in [5.41, 5.74) is 1.27. The Kier molecular flexibility index (Phi) is 5.72. The minimum absolute atomic E-state index is 0.160. The molecule has 1 N–H and O–H groups in total. The Balaban J connectivity index is 1.94. The Morgan fingerprint density at radius 3 is 2.56 bits per heavy atom. The van der Waals surface area contributed by atoms with Gasteiger partial charge in [-0.05, 0) is 70.9 Å². The van der Waals surface area contributed by atoms with Gasteiger partial charge in [0.15, 0.2) is 11.5 Å². The van der Waals surface area contributed by atoms with Crippen LogP contribution in [0.2, 0.25) is 5.02 Å². The molecule has 8 heteroatoms. The van der Waals surface area contributed by atoms with Gasteiger partial charge in [-0.15, -0.1) is 0 Å². The predicted octanol–water partition coefficient (Wildman–Crippen LogP) is 4.61. The van der Waals surface area contributed by atoms with Crippen molar-refractivity contribution in [2.24, 2.45) is 0 Å². The monoisotopic (exact) mass is 450 g/mol. The molecule has 0 unspecified atom stereocenters. The van der Waals surface area contributed by atoms with Gasteiger partial charge in [-0.3, -0.25) is 4.79 Å². The first kappa shape index (κ1) is 19.3. The number of halogens is 2. The van der Waals surface area contributed by atoms with E-state index in [0.29, 0.717) is 38.9 Å². The summed E-state index contributed by atoms with van der Waals surface area (Å²) in [5.74, 6) is 0.641.